The molecule has 3 rings (SSSR count). The minimum absolute atomic E-state index is 0.361. The Morgan fingerprint density at radius 2 is 2.04 bits per heavy atom. The lowest BCUT2D eigenvalue weighted by Crippen LogP contribution is -2.39. The van der Waals surface area contributed by atoms with Gasteiger partial charge in [-0.15, -0.1) is 23.5 Å². The molecule has 0 aromatic heterocycles. The summed E-state index contributed by atoms with van der Waals surface area (Å²) in [5, 5.41) is 13.4. The topological polar surface area (TPSA) is 41.5 Å². The number of hydrogen-bond acceptors (Lipinski definition) is 5. The summed E-state index contributed by atoms with van der Waals surface area (Å²) in [5.74, 6) is 3.89. The molecule has 0 amide bonds. The Morgan fingerprint density at radius 1 is 1.25 bits per heavy atom. The summed E-state index contributed by atoms with van der Waals surface area (Å²) >= 11 is 3.56. The molecule has 2 unspecified atom stereocenters. The van der Waals surface area contributed by atoms with Crippen LogP contribution in [0.5, 0.6) is 11.5 Å². The molecular formula is C19H23NO2S2. The van der Waals surface area contributed by atoms with Crippen molar-refractivity contribution in [3.8, 4) is 11.5 Å². The Kier molecular flexibility index (Phi) is 6.35. The van der Waals surface area contributed by atoms with E-state index in [2.05, 4.69) is 24.4 Å². The molecule has 0 saturated carbocycles. The number of phenols is 1. The monoisotopic (exact) mass is 361 g/mol. The van der Waals surface area contributed by atoms with Crippen LogP contribution in [0.4, 0.5) is 0 Å². The largest absolute Gasteiger partial charge is 0.507 e. The van der Waals surface area contributed by atoms with E-state index in [4.69, 9.17) is 4.74 Å². The molecule has 1 aliphatic heterocycles. The highest BCUT2D eigenvalue weighted by Gasteiger charge is 2.17. The second kappa shape index (κ2) is 8.70. The summed E-state index contributed by atoms with van der Waals surface area (Å²) in [6, 6.07) is 16.1. The number of nitrogens with one attached hydrogen (secondary N) is 1. The molecule has 0 saturated heterocycles. The highest BCUT2D eigenvalue weighted by molar-refractivity contribution is 7.99. The van der Waals surface area contributed by atoms with Crippen LogP contribution in [-0.4, -0.2) is 35.8 Å². The van der Waals surface area contributed by atoms with Crippen molar-refractivity contribution in [1.82, 2.24) is 5.32 Å². The summed E-state index contributed by atoms with van der Waals surface area (Å²) in [5.41, 5.74) is 0. The predicted octanol–water partition coefficient (Wildman–Crippen LogP) is 4.26. The van der Waals surface area contributed by atoms with Crippen molar-refractivity contribution < 1.29 is 9.84 Å². The van der Waals surface area contributed by atoms with Crippen LogP contribution >= 0.6 is 23.5 Å². The lowest BCUT2D eigenvalue weighted by atomic mass is 10.2. The van der Waals surface area contributed by atoms with Gasteiger partial charge >= 0.3 is 0 Å². The molecule has 2 aromatic carbocycles. The molecule has 0 radical (unpaired) electrons. The zero-order chi connectivity index (χ0) is 16.8. The second-order valence-electron chi connectivity index (χ2n) is 6.06. The third-order valence-corrected chi connectivity index (χ3v) is 6.48. The molecule has 0 fully saturated rings. The maximum Gasteiger partial charge on any atom is 0.132 e. The van der Waals surface area contributed by atoms with Crippen molar-refractivity contribution in [2.45, 2.75) is 22.8 Å². The van der Waals surface area contributed by atoms with Crippen molar-refractivity contribution >= 4 is 23.5 Å². The quantitative estimate of drug-likeness (QED) is 0.752. The molecule has 24 heavy (non-hydrogen) atoms. The second-order valence-corrected chi connectivity index (χ2v) is 8.18. The normalized spacial score (nSPS) is 18.3. The number of hydrogen-bond donors (Lipinski definition) is 2. The molecule has 128 valence electrons. The van der Waals surface area contributed by atoms with Gasteiger partial charge in [0.05, 0.1) is 6.04 Å². The van der Waals surface area contributed by atoms with Crippen molar-refractivity contribution in [2.75, 3.05) is 24.7 Å². The van der Waals surface area contributed by atoms with Gasteiger partial charge in [-0.25, -0.2) is 0 Å². The Bertz CT molecular complexity index is 638. The van der Waals surface area contributed by atoms with E-state index in [1.807, 2.05) is 42.1 Å². The van der Waals surface area contributed by atoms with Gasteiger partial charge in [-0.05, 0) is 36.7 Å². The number of thioether (sulfide) groups is 2. The predicted molar refractivity (Wildman–Crippen MR) is 102 cm³/mol. The molecule has 0 spiro atoms. The molecule has 2 aromatic rings. The zero-order valence-corrected chi connectivity index (χ0v) is 15.4. The van der Waals surface area contributed by atoms with Crippen molar-refractivity contribution in [3.63, 3.8) is 0 Å². The summed E-state index contributed by atoms with van der Waals surface area (Å²) in [4.78, 5) is 2.18. The lowest BCUT2D eigenvalue weighted by molar-refractivity contribution is 0.270. The summed E-state index contributed by atoms with van der Waals surface area (Å²) in [6.45, 7) is 3.90. The van der Waals surface area contributed by atoms with Crippen molar-refractivity contribution in [1.29, 1.82) is 0 Å². The first-order valence-corrected chi connectivity index (χ1v) is 10.2. The summed E-state index contributed by atoms with van der Waals surface area (Å²) in [6.07, 6.45) is 0. The number of para-hydroxylation sites is 2. The molecule has 2 N–H and O–H groups in total. The molecule has 0 aliphatic carbocycles. The third-order valence-electron chi connectivity index (χ3n) is 3.87. The molecule has 1 aliphatic rings. The minimum Gasteiger partial charge on any atom is -0.507 e. The van der Waals surface area contributed by atoms with E-state index < -0.39 is 0 Å². The smallest absolute Gasteiger partial charge is 0.132 e. The van der Waals surface area contributed by atoms with E-state index in [1.54, 1.807) is 17.8 Å². The Labute approximate surface area is 152 Å². The lowest BCUT2D eigenvalue weighted by Gasteiger charge is -2.19. The van der Waals surface area contributed by atoms with Crippen LogP contribution in [0, 0.1) is 5.92 Å². The fraction of sp³-hybridized carbons (Fsp3) is 0.368. The van der Waals surface area contributed by atoms with E-state index in [0.717, 1.165) is 28.7 Å². The highest BCUT2D eigenvalue weighted by Crippen LogP contribution is 2.32. The minimum atomic E-state index is 0.361. The Morgan fingerprint density at radius 3 is 2.92 bits per heavy atom. The van der Waals surface area contributed by atoms with Gasteiger partial charge in [0, 0.05) is 21.3 Å². The maximum atomic E-state index is 9.82. The number of fused-ring (bicyclic) bond motifs is 1. The van der Waals surface area contributed by atoms with Crippen LogP contribution in [0.15, 0.2) is 58.3 Å². The summed E-state index contributed by atoms with van der Waals surface area (Å²) < 4.78 is 5.92. The summed E-state index contributed by atoms with van der Waals surface area (Å²) in [7, 11) is 0. The van der Waals surface area contributed by atoms with Crippen molar-refractivity contribution in [2.24, 2.45) is 5.92 Å². The molecule has 2 atom stereocenters. The highest BCUT2D eigenvalue weighted by atomic mass is 32.2. The fourth-order valence-electron chi connectivity index (χ4n) is 2.47. The molecular weight excluding hydrogens is 338 g/mol. The average molecular weight is 362 g/mol. The van der Waals surface area contributed by atoms with Crippen molar-refractivity contribution in [3.05, 3.63) is 48.5 Å². The number of aromatic hydroxyl groups is 1. The van der Waals surface area contributed by atoms with E-state index >= 15 is 0 Å². The number of benzene rings is 2. The van der Waals surface area contributed by atoms with Crippen LogP contribution in [0.25, 0.3) is 0 Å². The number of ether oxygens (including phenoxy) is 1. The maximum absolute atomic E-state index is 9.82. The fourth-order valence-corrected chi connectivity index (χ4v) is 4.48. The van der Waals surface area contributed by atoms with Gasteiger partial charge in [-0.1, -0.05) is 31.2 Å². The molecule has 3 nitrogen and oxygen atoms in total. The van der Waals surface area contributed by atoms with E-state index in [1.165, 1.54) is 4.90 Å². The standard InChI is InChI=1S/C19H23NO2S2/c1-14(12-23-18-8-4-2-6-16(18)21)10-20-15-11-22-17-7-3-5-9-19(17)24-13-15/h2-9,14-15,20-21H,10-13H2,1H3. The first-order valence-electron chi connectivity index (χ1n) is 8.21. The number of phenolic OH excluding ortho intramolecular Hbond substituents is 1. The Hall–Kier alpha value is -1.30. The Balaban J connectivity index is 1.42. The molecule has 5 heteroatoms. The first kappa shape index (κ1) is 17.5. The van der Waals surface area contributed by atoms with Crippen LogP contribution in [0.1, 0.15) is 6.92 Å². The van der Waals surface area contributed by atoms with Gasteiger partial charge in [0.25, 0.3) is 0 Å². The van der Waals surface area contributed by atoms with Gasteiger partial charge in [0.1, 0.15) is 18.1 Å². The first-order chi connectivity index (χ1) is 11.7. The van der Waals surface area contributed by atoms with Crippen LogP contribution in [-0.2, 0) is 0 Å². The van der Waals surface area contributed by atoms with E-state index in [9.17, 15) is 5.11 Å². The zero-order valence-electron chi connectivity index (χ0n) is 13.8. The number of rotatable bonds is 6. The van der Waals surface area contributed by atoms with Gasteiger partial charge in [-0.3, -0.25) is 0 Å². The van der Waals surface area contributed by atoms with Crippen LogP contribution < -0.4 is 10.1 Å². The van der Waals surface area contributed by atoms with Gasteiger partial charge in [-0.2, -0.15) is 0 Å². The third kappa shape index (κ3) is 4.85. The molecule has 1 heterocycles. The van der Waals surface area contributed by atoms with Gasteiger partial charge in [0.2, 0.25) is 0 Å². The van der Waals surface area contributed by atoms with Gasteiger partial charge < -0.3 is 15.2 Å². The van der Waals surface area contributed by atoms with E-state index in [0.29, 0.717) is 24.3 Å². The average Bonchev–Trinajstić information content (AvgIpc) is 2.82. The van der Waals surface area contributed by atoms with Crippen LogP contribution in [0.2, 0.25) is 0 Å². The van der Waals surface area contributed by atoms with Crippen LogP contribution in [0.3, 0.4) is 0 Å². The molecule has 0 bridgehead atoms. The van der Waals surface area contributed by atoms with E-state index in [-0.39, 0.29) is 0 Å². The van der Waals surface area contributed by atoms with Gasteiger partial charge in [0.15, 0.2) is 0 Å². The SMILES string of the molecule is CC(CNC1COc2ccccc2SC1)CSc1ccccc1O.